The third kappa shape index (κ3) is 8.62. The summed E-state index contributed by atoms with van der Waals surface area (Å²) in [6.45, 7) is 4.76. The first-order valence-electron chi connectivity index (χ1n) is 9.10. The van der Waals surface area contributed by atoms with Crippen LogP contribution in [0.5, 0.6) is 0 Å². The lowest BCUT2D eigenvalue weighted by Crippen LogP contribution is -2.40. The van der Waals surface area contributed by atoms with E-state index in [4.69, 9.17) is 9.47 Å². The highest BCUT2D eigenvalue weighted by molar-refractivity contribution is 14.0. The van der Waals surface area contributed by atoms with E-state index in [0.717, 1.165) is 55.1 Å². The topological polar surface area (TPSA) is 46.1 Å². The molecule has 0 aliphatic carbocycles. The van der Waals surface area contributed by atoms with Gasteiger partial charge < -0.3 is 19.7 Å². The minimum absolute atomic E-state index is 0. The smallest absolute Gasteiger partial charge is 0.193 e. The van der Waals surface area contributed by atoms with Crippen LogP contribution in [-0.2, 0) is 15.9 Å². The fourth-order valence-corrected chi connectivity index (χ4v) is 3.42. The standard InChI is InChI=1S/C19H29BrFN3O2.HI/c1-22-19(24-9-7-15(13-24)14-26-11-10-25-2)23-8-3-4-16-5-6-17(20)12-18(16)21;/h5-6,12,15H,3-4,7-11,13-14H2,1-2H3,(H,22,23);1H. The Morgan fingerprint density at radius 2 is 2.22 bits per heavy atom. The van der Waals surface area contributed by atoms with Crippen molar-refractivity contribution in [2.45, 2.75) is 19.3 Å². The second kappa shape index (κ2) is 13.7. The normalized spacial score (nSPS) is 17.1. The summed E-state index contributed by atoms with van der Waals surface area (Å²) in [4.78, 5) is 6.65. The summed E-state index contributed by atoms with van der Waals surface area (Å²) in [5, 5.41) is 3.39. The summed E-state index contributed by atoms with van der Waals surface area (Å²) in [5.41, 5.74) is 0.749. The Morgan fingerprint density at radius 3 is 2.93 bits per heavy atom. The number of guanidine groups is 1. The van der Waals surface area contributed by atoms with Gasteiger partial charge in [0.1, 0.15) is 5.82 Å². The quantitative estimate of drug-likeness (QED) is 0.218. The maximum atomic E-state index is 13.8. The van der Waals surface area contributed by atoms with Gasteiger partial charge in [0.2, 0.25) is 0 Å². The summed E-state index contributed by atoms with van der Waals surface area (Å²) >= 11 is 3.28. The average Bonchev–Trinajstić information content (AvgIpc) is 3.09. The molecule has 1 aromatic rings. The number of hydrogen-bond donors (Lipinski definition) is 1. The monoisotopic (exact) mass is 557 g/mol. The van der Waals surface area contributed by atoms with Gasteiger partial charge in [-0.15, -0.1) is 24.0 Å². The number of benzene rings is 1. The van der Waals surface area contributed by atoms with E-state index in [9.17, 15) is 4.39 Å². The molecule has 1 unspecified atom stereocenters. The molecule has 0 spiro atoms. The minimum atomic E-state index is -0.153. The zero-order valence-corrected chi connectivity index (χ0v) is 20.0. The molecule has 1 aromatic carbocycles. The summed E-state index contributed by atoms with van der Waals surface area (Å²) in [7, 11) is 3.49. The fraction of sp³-hybridized carbons (Fsp3) is 0.632. The van der Waals surface area contributed by atoms with Crippen LogP contribution < -0.4 is 5.32 Å². The second-order valence-corrected chi connectivity index (χ2v) is 7.40. The Kier molecular flexibility index (Phi) is 12.5. The van der Waals surface area contributed by atoms with Crippen molar-refractivity contribution in [2.75, 3.05) is 53.6 Å². The molecule has 0 aromatic heterocycles. The van der Waals surface area contributed by atoms with Crippen molar-refractivity contribution in [2.24, 2.45) is 10.9 Å². The van der Waals surface area contributed by atoms with Gasteiger partial charge >= 0.3 is 0 Å². The van der Waals surface area contributed by atoms with Gasteiger partial charge in [-0.3, -0.25) is 4.99 Å². The van der Waals surface area contributed by atoms with Crippen LogP contribution in [0.15, 0.2) is 27.7 Å². The van der Waals surface area contributed by atoms with Crippen LogP contribution in [-0.4, -0.2) is 64.5 Å². The molecule has 8 heteroatoms. The van der Waals surface area contributed by atoms with E-state index in [1.807, 2.05) is 12.1 Å². The maximum absolute atomic E-state index is 13.8. The number of halogens is 3. The van der Waals surface area contributed by atoms with Crippen LogP contribution in [0.1, 0.15) is 18.4 Å². The molecule has 1 saturated heterocycles. The van der Waals surface area contributed by atoms with Crippen LogP contribution in [0.4, 0.5) is 4.39 Å². The Hall–Kier alpha value is -0.450. The lowest BCUT2D eigenvalue weighted by molar-refractivity contribution is 0.0536. The van der Waals surface area contributed by atoms with Crippen molar-refractivity contribution < 1.29 is 13.9 Å². The number of aliphatic imine (C=N–C) groups is 1. The van der Waals surface area contributed by atoms with Gasteiger partial charge in [0, 0.05) is 44.2 Å². The van der Waals surface area contributed by atoms with Crippen molar-refractivity contribution in [3.8, 4) is 0 Å². The molecule has 0 amide bonds. The third-order valence-electron chi connectivity index (χ3n) is 4.50. The molecule has 1 N–H and O–H groups in total. The Bertz CT molecular complexity index is 592. The number of likely N-dealkylation sites (tertiary alicyclic amines) is 1. The summed E-state index contributed by atoms with van der Waals surface area (Å²) in [5.74, 6) is 1.29. The van der Waals surface area contributed by atoms with Gasteiger partial charge in [0.05, 0.1) is 19.8 Å². The molecule has 1 fully saturated rings. The molecule has 0 saturated carbocycles. The Balaban J connectivity index is 0.00000364. The first-order valence-corrected chi connectivity index (χ1v) is 9.89. The molecular weight excluding hydrogens is 528 g/mol. The number of nitrogens with one attached hydrogen (secondary N) is 1. The molecule has 2 rings (SSSR count). The van der Waals surface area contributed by atoms with Gasteiger partial charge in [0.25, 0.3) is 0 Å². The summed E-state index contributed by atoms with van der Waals surface area (Å²) < 4.78 is 25.2. The molecule has 154 valence electrons. The van der Waals surface area contributed by atoms with E-state index in [2.05, 4.69) is 31.1 Å². The van der Waals surface area contributed by atoms with Gasteiger partial charge in [0.15, 0.2) is 5.96 Å². The molecule has 0 radical (unpaired) electrons. The maximum Gasteiger partial charge on any atom is 0.193 e. The number of hydrogen-bond acceptors (Lipinski definition) is 3. The molecule has 5 nitrogen and oxygen atoms in total. The van der Waals surface area contributed by atoms with E-state index in [1.54, 1.807) is 14.2 Å². The predicted octanol–water partition coefficient (Wildman–Crippen LogP) is 3.70. The fourth-order valence-electron chi connectivity index (χ4n) is 3.09. The molecule has 1 heterocycles. The molecule has 1 aliphatic heterocycles. The third-order valence-corrected chi connectivity index (χ3v) is 5.00. The first kappa shape index (κ1) is 24.6. The summed E-state index contributed by atoms with van der Waals surface area (Å²) in [6.07, 6.45) is 2.67. The van der Waals surface area contributed by atoms with Crippen LogP contribution >= 0.6 is 39.9 Å². The van der Waals surface area contributed by atoms with Crippen LogP contribution in [0.3, 0.4) is 0 Å². The minimum Gasteiger partial charge on any atom is -0.382 e. The SMILES string of the molecule is CN=C(NCCCc1ccc(Br)cc1F)N1CCC(COCCOC)C1.I. The Morgan fingerprint density at radius 1 is 1.41 bits per heavy atom. The lowest BCUT2D eigenvalue weighted by Gasteiger charge is -2.21. The molecular formula is C19H30BrFIN3O2. The lowest BCUT2D eigenvalue weighted by atomic mass is 10.1. The van der Waals surface area contributed by atoms with Crippen LogP contribution in [0.2, 0.25) is 0 Å². The van der Waals surface area contributed by atoms with E-state index in [0.29, 0.717) is 25.6 Å². The Labute approximate surface area is 187 Å². The molecule has 1 atom stereocenters. The number of ether oxygens (including phenoxy) is 2. The van der Waals surface area contributed by atoms with Crippen molar-refractivity contribution in [1.82, 2.24) is 10.2 Å². The van der Waals surface area contributed by atoms with E-state index < -0.39 is 0 Å². The molecule has 1 aliphatic rings. The zero-order chi connectivity index (χ0) is 18.8. The highest BCUT2D eigenvalue weighted by Crippen LogP contribution is 2.17. The average molecular weight is 558 g/mol. The zero-order valence-electron chi connectivity index (χ0n) is 16.0. The number of rotatable bonds is 9. The summed E-state index contributed by atoms with van der Waals surface area (Å²) in [6, 6.07) is 5.23. The van der Waals surface area contributed by atoms with Gasteiger partial charge in [-0.2, -0.15) is 0 Å². The van der Waals surface area contributed by atoms with E-state index in [1.165, 1.54) is 6.07 Å². The number of nitrogens with zero attached hydrogens (tertiary/aromatic N) is 2. The van der Waals surface area contributed by atoms with Crippen LogP contribution in [0, 0.1) is 11.7 Å². The predicted molar refractivity (Wildman–Crippen MR) is 122 cm³/mol. The van der Waals surface area contributed by atoms with Crippen LogP contribution in [0.25, 0.3) is 0 Å². The van der Waals surface area contributed by atoms with Crippen molar-refractivity contribution in [3.05, 3.63) is 34.1 Å². The van der Waals surface area contributed by atoms with Crippen molar-refractivity contribution in [1.29, 1.82) is 0 Å². The number of methoxy groups -OCH3 is 1. The van der Waals surface area contributed by atoms with Gasteiger partial charge in [-0.05, 0) is 37.0 Å². The van der Waals surface area contributed by atoms with Crippen molar-refractivity contribution in [3.63, 3.8) is 0 Å². The second-order valence-electron chi connectivity index (χ2n) is 6.48. The molecule has 0 bridgehead atoms. The molecule has 27 heavy (non-hydrogen) atoms. The largest absolute Gasteiger partial charge is 0.382 e. The van der Waals surface area contributed by atoms with Gasteiger partial charge in [-0.25, -0.2) is 4.39 Å². The highest BCUT2D eigenvalue weighted by atomic mass is 127. The van der Waals surface area contributed by atoms with E-state index >= 15 is 0 Å². The first-order chi connectivity index (χ1) is 12.6. The van der Waals surface area contributed by atoms with Crippen molar-refractivity contribution >= 4 is 45.9 Å². The highest BCUT2D eigenvalue weighted by Gasteiger charge is 2.24. The van der Waals surface area contributed by atoms with E-state index in [-0.39, 0.29) is 29.8 Å². The van der Waals surface area contributed by atoms with Gasteiger partial charge in [-0.1, -0.05) is 22.0 Å². The number of aryl methyl sites for hydroxylation is 1.